The van der Waals surface area contributed by atoms with Gasteiger partial charge in [-0.3, -0.25) is 19.7 Å². The van der Waals surface area contributed by atoms with Crippen molar-refractivity contribution in [1.29, 1.82) is 0 Å². The molecular formula is C13H14N2O5. The molecule has 2 rings (SSSR count). The number of fused-ring (bicyclic) bond motifs is 1. The van der Waals surface area contributed by atoms with Gasteiger partial charge in [0.15, 0.2) is 0 Å². The van der Waals surface area contributed by atoms with Crippen molar-refractivity contribution < 1.29 is 19.2 Å². The zero-order valence-electron chi connectivity index (χ0n) is 11.0. The smallest absolute Gasteiger partial charge is 0.305 e. The van der Waals surface area contributed by atoms with Crippen molar-refractivity contribution in [1.82, 2.24) is 0 Å². The first-order chi connectivity index (χ1) is 9.52. The third-order valence-electron chi connectivity index (χ3n) is 3.20. The molecule has 1 aliphatic rings. The summed E-state index contributed by atoms with van der Waals surface area (Å²) in [6.45, 7) is 0.402. The molecule has 0 saturated heterocycles. The lowest BCUT2D eigenvalue weighted by Gasteiger charge is -2.16. The van der Waals surface area contributed by atoms with E-state index in [1.54, 1.807) is 11.0 Å². The Morgan fingerprint density at radius 3 is 2.90 bits per heavy atom. The van der Waals surface area contributed by atoms with Crippen LogP contribution in [0.4, 0.5) is 11.4 Å². The number of nitrogens with zero attached hydrogens (tertiary/aromatic N) is 2. The highest BCUT2D eigenvalue weighted by Gasteiger charge is 2.28. The second kappa shape index (κ2) is 5.68. The molecule has 20 heavy (non-hydrogen) atoms. The molecule has 0 aromatic heterocycles. The number of non-ortho nitro benzene ring substituents is 1. The van der Waals surface area contributed by atoms with E-state index in [4.69, 9.17) is 0 Å². The molecule has 0 aliphatic carbocycles. The number of hydrogen-bond acceptors (Lipinski definition) is 5. The highest BCUT2D eigenvalue weighted by molar-refractivity contribution is 6.01. The second-order valence-electron chi connectivity index (χ2n) is 4.47. The number of nitro benzene ring substituents is 1. The van der Waals surface area contributed by atoms with E-state index in [0.717, 1.165) is 0 Å². The maximum atomic E-state index is 11.9. The molecule has 1 amide bonds. The fourth-order valence-corrected chi connectivity index (χ4v) is 2.21. The van der Waals surface area contributed by atoms with Crippen molar-refractivity contribution in [3.05, 3.63) is 33.9 Å². The van der Waals surface area contributed by atoms with E-state index in [2.05, 4.69) is 4.74 Å². The molecule has 1 aromatic rings. The first-order valence-corrected chi connectivity index (χ1v) is 6.17. The van der Waals surface area contributed by atoms with Gasteiger partial charge in [0, 0.05) is 30.8 Å². The van der Waals surface area contributed by atoms with Crippen LogP contribution in [0.3, 0.4) is 0 Å². The van der Waals surface area contributed by atoms with E-state index >= 15 is 0 Å². The fourth-order valence-electron chi connectivity index (χ4n) is 2.21. The second-order valence-corrected chi connectivity index (χ2v) is 4.47. The van der Waals surface area contributed by atoms with Crippen molar-refractivity contribution in [3.63, 3.8) is 0 Å². The summed E-state index contributed by atoms with van der Waals surface area (Å²) in [7, 11) is 1.32. The molecule has 0 spiro atoms. The predicted octanol–water partition coefficient (Wildman–Crippen LogP) is 1.44. The molecule has 0 bridgehead atoms. The Hall–Kier alpha value is -2.44. The molecule has 0 saturated carbocycles. The van der Waals surface area contributed by atoms with Crippen LogP contribution in [0.5, 0.6) is 0 Å². The number of benzene rings is 1. The standard InChI is InChI=1S/C13H14N2O5/c1-20-13(17)3-2-6-14-11-5-4-10(15(18)19)7-9(11)8-12(14)16/h4-5,7H,2-3,6,8H2,1H3. The highest BCUT2D eigenvalue weighted by atomic mass is 16.6. The maximum Gasteiger partial charge on any atom is 0.305 e. The number of methoxy groups -OCH3 is 1. The molecule has 106 valence electrons. The molecule has 0 radical (unpaired) electrons. The van der Waals surface area contributed by atoms with Crippen LogP contribution in [0.15, 0.2) is 18.2 Å². The van der Waals surface area contributed by atoms with Crippen LogP contribution in [-0.2, 0) is 20.7 Å². The molecule has 0 N–H and O–H groups in total. The Morgan fingerprint density at radius 1 is 1.50 bits per heavy atom. The van der Waals surface area contributed by atoms with Crippen LogP contribution in [-0.4, -0.2) is 30.5 Å². The van der Waals surface area contributed by atoms with Gasteiger partial charge in [0.05, 0.1) is 18.5 Å². The number of hydrogen-bond donors (Lipinski definition) is 0. The van der Waals surface area contributed by atoms with Gasteiger partial charge in [-0.05, 0) is 18.1 Å². The van der Waals surface area contributed by atoms with Crippen molar-refractivity contribution >= 4 is 23.3 Å². The Labute approximate surface area is 115 Å². The predicted molar refractivity (Wildman–Crippen MR) is 70.4 cm³/mol. The van der Waals surface area contributed by atoms with E-state index in [1.807, 2.05) is 0 Å². The lowest BCUT2D eigenvalue weighted by Crippen LogP contribution is -2.28. The molecule has 7 heteroatoms. The normalized spacial score (nSPS) is 13.2. The van der Waals surface area contributed by atoms with E-state index in [9.17, 15) is 19.7 Å². The van der Waals surface area contributed by atoms with Gasteiger partial charge in [0.1, 0.15) is 0 Å². The van der Waals surface area contributed by atoms with Crippen molar-refractivity contribution in [2.75, 3.05) is 18.6 Å². The van der Waals surface area contributed by atoms with Gasteiger partial charge in [-0.15, -0.1) is 0 Å². The molecule has 0 fully saturated rings. The summed E-state index contributed by atoms with van der Waals surface area (Å²) in [4.78, 5) is 34.7. The number of rotatable bonds is 5. The number of ether oxygens (including phenoxy) is 1. The van der Waals surface area contributed by atoms with Gasteiger partial charge in [-0.2, -0.15) is 0 Å². The number of carbonyl (C=O) groups is 2. The minimum Gasteiger partial charge on any atom is -0.469 e. The molecule has 0 unspecified atom stereocenters. The van der Waals surface area contributed by atoms with E-state index < -0.39 is 4.92 Å². The fraction of sp³-hybridized carbons (Fsp3) is 0.385. The largest absolute Gasteiger partial charge is 0.469 e. The average molecular weight is 278 g/mol. The Bertz CT molecular complexity index is 570. The van der Waals surface area contributed by atoms with Gasteiger partial charge in [-0.1, -0.05) is 0 Å². The molecule has 1 aliphatic heterocycles. The highest BCUT2D eigenvalue weighted by Crippen LogP contribution is 2.32. The molecule has 7 nitrogen and oxygen atoms in total. The minimum atomic E-state index is -0.481. The molecule has 0 atom stereocenters. The third kappa shape index (κ3) is 2.76. The zero-order valence-corrected chi connectivity index (χ0v) is 11.0. The van der Waals surface area contributed by atoms with Gasteiger partial charge >= 0.3 is 5.97 Å². The summed E-state index contributed by atoms with van der Waals surface area (Å²) in [5.74, 6) is -0.425. The molecular weight excluding hydrogens is 264 g/mol. The summed E-state index contributed by atoms with van der Waals surface area (Å²) in [5.41, 5.74) is 1.32. The Kier molecular flexibility index (Phi) is 3.97. The molecule has 1 aromatic carbocycles. The van der Waals surface area contributed by atoms with Gasteiger partial charge < -0.3 is 9.64 Å². The van der Waals surface area contributed by atoms with Crippen LogP contribution >= 0.6 is 0 Å². The van der Waals surface area contributed by atoms with Crippen molar-refractivity contribution in [2.45, 2.75) is 19.3 Å². The monoisotopic (exact) mass is 278 g/mol. The SMILES string of the molecule is COC(=O)CCCN1C(=O)Cc2cc([N+](=O)[O-])ccc21. The van der Waals surface area contributed by atoms with E-state index in [0.29, 0.717) is 24.2 Å². The zero-order chi connectivity index (χ0) is 14.7. The number of nitro groups is 1. The summed E-state index contributed by atoms with van der Waals surface area (Å²) < 4.78 is 4.54. The van der Waals surface area contributed by atoms with Crippen LogP contribution in [0.1, 0.15) is 18.4 Å². The summed E-state index contributed by atoms with van der Waals surface area (Å²) in [5, 5.41) is 10.7. The third-order valence-corrected chi connectivity index (χ3v) is 3.20. The van der Waals surface area contributed by atoms with Crippen molar-refractivity contribution in [3.8, 4) is 0 Å². The number of carbonyl (C=O) groups excluding carboxylic acids is 2. The lowest BCUT2D eigenvalue weighted by molar-refractivity contribution is -0.384. The summed E-state index contributed by atoms with van der Waals surface area (Å²) in [6, 6.07) is 4.38. The first kappa shape index (κ1) is 14.0. The van der Waals surface area contributed by atoms with E-state index in [-0.39, 0.29) is 30.4 Å². The quantitative estimate of drug-likeness (QED) is 0.462. The topological polar surface area (TPSA) is 89.8 Å². The summed E-state index contributed by atoms with van der Waals surface area (Å²) >= 11 is 0. The minimum absolute atomic E-state index is 0.0204. The Balaban J connectivity index is 2.08. The lowest BCUT2D eigenvalue weighted by atomic mass is 10.1. The molecule has 1 heterocycles. The van der Waals surface area contributed by atoms with Crippen LogP contribution in [0.2, 0.25) is 0 Å². The number of esters is 1. The van der Waals surface area contributed by atoms with Crippen LogP contribution < -0.4 is 4.90 Å². The number of amides is 1. The van der Waals surface area contributed by atoms with Crippen LogP contribution in [0, 0.1) is 10.1 Å². The van der Waals surface area contributed by atoms with Gasteiger partial charge in [0.25, 0.3) is 5.69 Å². The van der Waals surface area contributed by atoms with Gasteiger partial charge in [0.2, 0.25) is 5.91 Å². The van der Waals surface area contributed by atoms with Crippen LogP contribution in [0.25, 0.3) is 0 Å². The van der Waals surface area contributed by atoms with Gasteiger partial charge in [-0.25, -0.2) is 0 Å². The van der Waals surface area contributed by atoms with Crippen molar-refractivity contribution in [2.24, 2.45) is 0 Å². The summed E-state index contributed by atoms with van der Waals surface area (Å²) in [6.07, 6.45) is 0.896. The maximum absolute atomic E-state index is 11.9. The average Bonchev–Trinajstić information content (AvgIpc) is 2.73. The number of anilines is 1. The van der Waals surface area contributed by atoms with E-state index in [1.165, 1.54) is 19.2 Å². The Morgan fingerprint density at radius 2 is 2.25 bits per heavy atom. The first-order valence-electron chi connectivity index (χ1n) is 6.17.